The van der Waals surface area contributed by atoms with Gasteiger partial charge >= 0.3 is 11.9 Å². The molecule has 3 aliphatic rings. The molecule has 56 heavy (non-hydrogen) atoms. The summed E-state index contributed by atoms with van der Waals surface area (Å²) < 4.78 is 49.4. The number of ether oxygens (including phenoxy) is 1. The second kappa shape index (κ2) is 17.4. The minimum Gasteiger partial charge on any atom is -0.393 e. The van der Waals surface area contributed by atoms with E-state index in [1.165, 1.54) is 4.57 Å². The topological polar surface area (TPSA) is 152 Å². The highest BCUT2D eigenvalue weighted by Gasteiger charge is 2.32. The summed E-state index contributed by atoms with van der Waals surface area (Å²) in [5.41, 5.74) is 4.07. The van der Waals surface area contributed by atoms with E-state index in [0.717, 1.165) is 99.0 Å². The smallest absolute Gasteiger partial charge is 0.390 e. The highest BCUT2D eigenvalue weighted by atomic mass is 19.4. The first-order chi connectivity index (χ1) is 26.9. The standard InChI is InChI=1S/C39H52F3N9O5/c1-47-33-22-26(5-10-31(33)51(38(47)55)32-11-12-34(53)45-36(32)54)4-2-20-56-21-3-15-48-16-18-49(19-17-48)24-27-25-50(28-6-8-29(52)9-7-28)35-30(27)23-44-37(46-35)43-14-13-39(40,41)42/h5,10,22-23,25,28-29,32,52H,2-4,6-9,11-21,24H2,1H3,(H,43,44,46)(H,45,53,54)/t28?,29?,32-/m0/s1. The monoisotopic (exact) mass is 783 g/mol. The summed E-state index contributed by atoms with van der Waals surface area (Å²) in [7, 11) is 1.70. The molecule has 3 aromatic heterocycles. The lowest BCUT2D eigenvalue weighted by molar-refractivity contribution is -0.136. The van der Waals surface area contributed by atoms with E-state index in [0.29, 0.717) is 38.0 Å². The van der Waals surface area contributed by atoms with Crippen LogP contribution in [0, 0.1) is 0 Å². The Morgan fingerprint density at radius 1 is 0.982 bits per heavy atom. The van der Waals surface area contributed by atoms with Crippen LogP contribution in [0.2, 0.25) is 0 Å². The molecular formula is C39H52F3N9O5. The Balaban J connectivity index is 0.846. The average molecular weight is 784 g/mol. The first-order valence-corrected chi connectivity index (χ1v) is 19.8. The third-order valence-corrected chi connectivity index (χ3v) is 11.5. The Kier molecular flexibility index (Phi) is 12.4. The molecule has 3 N–H and O–H groups in total. The van der Waals surface area contributed by atoms with Crippen molar-refractivity contribution in [2.75, 3.05) is 57.8 Å². The zero-order valence-corrected chi connectivity index (χ0v) is 31.9. The van der Waals surface area contributed by atoms with Crippen LogP contribution in [0.5, 0.6) is 0 Å². The maximum absolute atomic E-state index is 13.0. The molecule has 1 aromatic carbocycles. The van der Waals surface area contributed by atoms with Crippen LogP contribution in [-0.2, 0) is 34.3 Å². The summed E-state index contributed by atoms with van der Waals surface area (Å²) in [5, 5.41) is 16.1. The Labute approximate surface area is 323 Å². The van der Waals surface area contributed by atoms with E-state index in [2.05, 4.69) is 41.2 Å². The molecule has 2 aliphatic heterocycles. The second-order valence-corrected chi connectivity index (χ2v) is 15.4. The number of aryl methyl sites for hydroxylation is 2. The molecule has 7 rings (SSSR count). The lowest BCUT2D eigenvalue weighted by Crippen LogP contribution is -2.46. The van der Waals surface area contributed by atoms with Gasteiger partial charge in [0, 0.05) is 96.3 Å². The molecule has 1 saturated carbocycles. The van der Waals surface area contributed by atoms with Crippen LogP contribution in [0.15, 0.2) is 35.4 Å². The Morgan fingerprint density at radius 2 is 1.73 bits per heavy atom. The van der Waals surface area contributed by atoms with Crippen LogP contribution in [0.1, 0.15) is 81.0 Å². The van der Waals surface area contributed by atoms with E-state index in [1.807, 2.05) is 18.2 Å². The summed E-state index contributed by atoms with van der Waals surface area (Å²) in [4.78, 5) is 51.0. The highest BCUT2D eigenvalue weighted by molar-refractivity contribution is 6.00. The SMILES string of the molecule is Cn1c(=O)n([C@H]2CCC(=O)NC2=O)c2ccc(CCCOCCCN3CCN(Cc4cn(C5CCC(O)CC5)c5nc(NCCC(F)(F)F)ncc45)CC3)cc21. The van der Waals surface area contributed by atoms with Crippen LogP contribution < -0.4 is 16.3 Å². The zero-order chi connectivity index (χ0) is 39.4. The number of aliphatic hydroxyl groups excluding tert-OH is 1. The largest absolute Gasteiger partial charge is 0.393 e. The molecule has 0 bridgehead atoms. The second-order valence-electron chi connectivity index (χ2n) is 15.4. The Bertz CT molecular complexity index is 2060. The summed E-state index contributed by atoms with van der Waals surface area (Å²) >= 11 is 0. The molecule has 17 heteroatoms. The van der Waals surface area contributed by atoms with Gasteiger partial charge in [-0.3, -0.25) is 28.9 Å². The lowest BCUT2D eigenvalue weighted by atomic mass is 9.93. The molecular weight excluding hydrogens is 731 g/mol. The van der Waals surface area contributed by atoms with Gasteiger partial charge < -0.3 is 24.6 Å². The molecule has 3 fully saturated rings. The molecule has 2 amide bonds. The first kappa shape index (κ1) is 39.9. The van der Waals surface area contributed by atoms with Gasteiger partial charge in [-0.15, -0.1) is 0 Å². The number of alkyl halides is 3. The van der Waals surface area contributed by atoms with Gasteiger partial charge in [-0.25, -0.2) is 9.78 Å². The Morgan fingerprint density at radius 3 is 2.48 bits per heavy atom. The number of hydrogen-bond donors (Lipinski definition) is 3. The molecule has 14 nitrogen and oxygen atoms in total. The number of nitrogens with zero attached hydrogens (tertiary/aromatic N) is 7. The van der Waals surface area contributed by atoms with Crippen molar-refractivity contribution in [1.82, 2.24) is 38.8 Å². The molecule has 2 saturated heterocycles. The number of aliphatic hydroxyl groups is 1. The molecule has 1 aliphatic carbocycles. The van der Waals surface area contributed by atoms with Gasteiger partial charge in [0.15, 0.2) is 0 Å². The molecule has 304 valence electrons. The number of carbonyl (C=O) groups is 2. The van der Waals surface area contributed by atoms with Crippen molar-refractivity contribution in [1.29, 1.82) is 0 Å². The fourth-order valence-electron chi connectivity index (χ4n) is 8.31. The van der Waals surface area contributed by atoms with Crippen LogP contribution in [0.25, 0.3) is 22.1 Å². The minimum absolute atomic E-state index is 0.166. The quantitative estimate of drug-likeness (QED) is 0.119. The van der Waals surface area contributed by atoms with Gasteiger partial charge in [0.2, 0.25) is 17.8 Å². The van der Waals surface area contributed by atoms with Gasteiger partial charge in [0.1, 0.15) is 11.7 Å². The fourth-order valence-corrected chi connectivity index (χ4v) is 8.31. The first-order valence-electron chi connectivity index (χ1n) is 19.8. The molecule has 0 radical (unpaired) electrons. The van der Waals surface area contributed by atoms with Gasteiger partial charge in [-0.05, 0) is 74.6 Å². The summed E-state index contributed by atoms with van der Waals surface area (Å²) in [6.07, 6.45) is 4.48. The number of nitrogens with one attached hydrogen (secondary N) is 2. The Hall–Kier alpha value is -4.32. The predicted octanol–water partition coefficient (Wildman–Crippen LogP) is 4.06. The van der Waals surface area contributed by atoms with E-state index in [-0.39, 0.29) is 42.7 Å². The number of carbonyl (C=O) groups excluding carboxylic acids is 2. The molecule has 0 spiro atoms. The van der Waals surface area contributed by atoms with Gasteiger partial charge in [-0.1, -0.05) is 6.07 Å². The number of anilines is 1. The zero-order valence-electron chi connectivity index (χ0n) is 31.9. The maximum atomic E-state index is 13.0. The number of imide groups is 1. The fraction of sp³-hybridized carbons (Fsp3) is 0.615. The van der Waals surface area contributed by atoms with Gasteiger partial charge in [-0.2, -0.15) is 18.2 Å². The van der Waals surface area contributed by atoms with Crippen LogP contribution in [-0.4, -0.2) is 115 Å². The summed E-state index contributed by atoms with van der Waals surface area (Å²) in [5.74, 6) is -0.564. The third kappa shape index (κ3) is 9.44. The number of halogens is 3. The van der Waals surface area contributed by atoms with Crippen molar-refractivity contribution in [3.05, 3.63) is 52.2 Å². The van der Waals surface area contributed by atoms with Crippen molar-refractivity contribution >= 4 is 39.8 Å². The van der Waals surface area contributed by atoms with E-state index >= 15 is 0 Å². The van der Waals surface area contributed by atoms with Gasteiger partial charge in [0.05, 0.1) is 23.6 Å². The summed E-state index contributed by atoms with van der Waals surface area (Å²) in [6, 6.07) is 5.33. The third-order valence-electron chi connectivity index (χ3n) is 11.5. The molecule has 4 aromatic rings. The highest BCUT2D eigenvalue weighted by Crippen LogP contribution is 2.34. The number of hydrogen-bond acceptors (Lipinski definition) is 10. The molecule has 5 heterocycles. The number of imidazole rings is 1. The number of piperazine rings is 1. The van der Waals surface area contributed by atoms with Crippen molar-refractivity contribution in [2.45, 2.75) is 95.1 Å². The number of aromatic nitrogens is 5. The normalized spacial score (nSPS) is 21.6. The van der Waals surface area contributed by atoms with Gasteiger partial charge in [0.25, 0.3) is 0 Å². The van der Waals surface area contributed by atoms with Crippen molar-refractivity contribution < 1.29 is 32.6 Å². The minimum atomic E-state index is -4.26. The van der Waals surface area contributed by atoms with Crippen molar-refractivity contribution in [3.8, 4) is 0 Å². The van der Waals surface area contributed by atoms with Crippen molar-refractivity contribution in [2.24, 2.45) is 7.05 Å². The molecule has 0 unspecified atom stereocenters. The number of rotatable bonds is 15. The van der Waals surface area contributed by atoms with E-state index < -0.39 is 24.5 Å². The number of benzene rings is 1. The van der Waals surface area contributed by atoms with E-state index in [1.54, 1.807) is 17.8 Å². The maximum Gasteiger partial charge on any atom is 0.390 e. The van der Waals surface area contributed by atoms with Crippen LogP contribution >= 0.6 is 0 Å². The summed E-state index contributed by atoms with van der Waals surface area (Å²) in [6.45, 7) is 6.41. The predicted molar refractivity (Wildman–Crippen MR) is 204 cm³/mol. The lowest BCUT2D eigenvalue weighted by Gasteiger charge is -2.34. The van der Waals surface area contributed by atoms with E-state index in [4.69, 9.17) is 4.74 Å². The molecule has 1 atom stereocenters. The van der Waals surface area contributed by atoms with Crippen molar-refractivity contribution in [3.63, 3.8) is 0 Å². The average Bonchev–Trinajstić information content (AvgIpc) is 3.64. The van der Waals surface area contributed by atoms with Crippen LogP contribution in [0.4, 0.5) is 19.1 Å². The number of fused-ring (bicyclic) bond motifs is 2. The van der Waals surface area contributed by atoms with Crippen LogP contribution in [0.3, 0.4) is 0 Å². The number of amides is 2. The number of piperidine rings is 1. The van der Waals surface area contributed by atoms with E-state index in [9.17, 15) is 32.7 Å².